The quantitative estimate of drug-likeness (QED) is 0.573. The highest BCUT2D eigenvalue weighted by atomic mass is 16.4. The van der Waals surface area contributed by atoms with Crippen molar-refractivity contribution in [2.45, 2.75) is 45.7 Å². The number of aliphatic hydroxyl groups is 1. The van der Waals surface area contributed by atoms with Crippen molar-refractivity contribution in [2.75, 3.05) is 6.61 Å². The molecule has 84 valence electrons. The van der Waals surface area contributed by atoms with Crippen LogP contribution in [0.4, 0.5) is 0 Å². The van der Waals surface area contributed by atoms with E-state index in [0.717, 1.165) is 6.42 Å². The van der Waals surface area contributed by atoms with Crippen molar-refractivity contribution in [3.8, 4) is 0 Å². The van der Waals surface area contributed by atoms with E-state index in [1.165, 1.54) is 0 Å². The minimum Gasteiger partial charge on any atom is -0.480 e. The summed E-state index contributed by atoms with van der Waals surface area (Å²) in [6, 6.07) is -0.435. The minimum atomic E-state index is -0.823. The largest absolute Gasteiger partial charge is 0.480 e. The SMILES string of the molecule is CCC(CCO)NC(C(=O)O)C(C)C. The molecule has 0 aliphatic rings. The molecule has 0 aliphatic carbocycles. The lowest BCUT2D eigenvalue weighted by molar-refractivity contribution is -0.141. The number of carboxylic acids is 1. The molecule has 0 heterocycles. The van der Waals surface area contributed by atoms with Crippen molar-refractivity contribution in [3.63, 3.8) is 0 Å². The molecule has 0 fully saturated rings. The molecule has 0 radical (unpaired) electrons. The molecular weight excluding hydrogens is 182 g/mol. The van der Waals surface area contributed by atoms with Gasteiger partial charge in [-0.25, -0.2) is 0 Å². The second-order valence-electron chi connectivity index (χ2n) is 3.84. The summed E-state index contributed by atoms with van der Waals surface area (Å²) in [6.45, 7) is 5.82. The van der Waals surface area contributed by atoms with Gasteiger partial charge in [0, 0.05) is 12.6 Å². The van der Waals surface area contributed by atoms with Gasteiger partial charge in [-0.2, -0.15) is 0 Å². The number of aliphatic carboxylic acids is 1. The van der Waals surface area contributed by atoms with Crippen molar-refractivity contribution in [1.29, 1.82) is 0 Å². The van der Waals surface area contributed by atoms with E-state index in [4.69, 9.17) is 10.2 Å². The van der Waals surface area contributed by atoms with Crippen molar-refractivity contribution in [3.05, 3.63) is 0 Å². The summed E-state index contributed by atoms with van der Waals surface area (Å²) in [7, 11) is 0. The molecule has 0 bridgehead atoms. The second-order valence-corrected chi connectivity index (χ2v) is 3.84. The Balaban J connectivity index is 4.18. The van der Waals surface area contributed by atoms with E-state index in [2.05, 4.69) is 5.32 Å². The Bertz CT molecular complexity index is 171. The highest BCUT2D eigenvalue weighted by molar-refractivity contribution is 5.73. The Hall–Kier alpha value is -0.610. The fourth-order valence-electron chi connectivity index (χ4n) is 1.36. The Labute approximate surface area is 85.3 Å². The summed E-state index contributed by atoms with van der Waals surface area (Å²) < 4.78 is 0. The zero-order valence-corrected chi connectivity index (χ0v) is 9.16. The van der Waals surface area contributed by atoms with E-state index < -0.39 is 12.0 Å². The lowest BCUT2D eigenvalue weighted by atomic mass is 10.0. The first-order valence-electron chi connectivity index (χ1n) is 5.12. The molecule has 0 aromatic rings. The van der Waals surface area contributed by atoms with Gasteiger partial charge >= 0.3 is 5.97 Å². The number of hydrogen-bond acceptors (Lipinski definition) is 3. The van der Waals surface area contributed by atoms with Crippen LogP contribution in [0.5, 0.6) is 0 Å². The molecule has 2 atom stereocenters. The first-order valence-corrected chi connectivity index (χ1v) is 5.12. The molecule has 14 heavy (non-hydrogen) atoms. The molecule has 4 heteroatoms. The number of rotatable bonds is 7. The minimum absolute atomic E-state index is 0.0558. The van der Waals surface area contributed by atoms with Crippen LogP contribution >= 0.6 is 0 Å². The van der Waals surface area contributed by atoms with Crippen LogP contribution in [-0.4, -0.2) is 34.9 Å². The first kappa shape index (κ1) is 13.4. The Morgan fingerprint density at radius 3 is 2.29 bits per heavy atom. The summed E-state index contributed by atoms with van der Waals surface area (Å²) in [6.07, 6.45) is 1.43. The number of carboxylic acid groups (broad SMARTS) is 1. The number of nitrogens with one attached hydrogen (secondary N) is 1. The zero-order chi connectivity index (χ0) is 11.1. The average molecular weight is 203 g/mol. The molecule has 0 aromatic heterocycles. The highest BCUT2D eigenvalue weighted by Gasteiger charge is 2.23. The number of hydrogen-bond donors (Lipinski definition) is 3. The topological polar surface area (TPSA) is 69.6 Å². The monoisotopic (exact) mass is 203 g/mol. The van der Waals surface area contributed by atoms with Crippen LogP contribution in [0.25, 0.3) is 0 Å². The molecule has 0 aliphatic heterocycles. The number of aliphatic hydroxyl groups excluding tert-OH is 1. The van der Waals surface area contributed by atoms with E-state index >= 15 is 0 Å². The van der Waals surface area contributed by atoms with Gasteiger partial charge in [0.15, 0.2) is 0 Å². The van der Waals surface area contributed by atoms with E-state index in [1.54, 1.807) is 0 Å². The average Bonchev–Trinajstić information content (AvgIpc) is 2.10. The van der Waals surface area contributed by atoms with Crippen molar-refractivity contribution in [1.82, 2.24) is 5.32 Å². The molecular formula is C10H21NO3. The maximum Gasteiger partial charge on any atom is 0.320 e. The lowest BCUT2D eigenvalue weighted by Crippen LogP contribution is -2.46. The molecule has 0 amide bonds. The van der Waals surface area contributed by atoms with Gasteiger partial charge in [0.1, 0.15) is 6.04 Å². The van der Waals surface area contributed by atoms with Gasteiger partial charge in [-0.15, -0.1) is 0 Å². The molecule has 2 unspecified atom stereocenters. The van der Waals surface area contributed by atoms with Crippen LogP contribution in [0.2, 0.25) is 0 Å². The maximum atomic E-state index is 10.9. The van der Waals surface area contributed by atoms with Crippen molar-refractivity contribution >= 4 is 5.97 Å². The lowest BCUT2D eigenvalue weighted by Gasteiger charge is -2.24. The highest BCUT2D eigenvalue weighted by Crippen LogP contribution is 2.06. The van der Waals surface area contributed by atoms with Crippen LogP contribution in [0.15, 0.2) is 0 Å². The van der Waals surface area contributed by atoms with Gasteiger partial charge in [0.05, 0.1) is 0 Å². The molecule has 4 nitrogen and oxygen atoms in total. The van der Waals surface area contributed by atoms with E-state index in [9.17, 15) is 4.79 Å². The van der Waals surface area contributed by atoms with E-state index in [1.807, 2.05) is 20.8 Å². The third kappa shape index (κ3) is 4.58. The van der Waals surface area contributed by atoms with Crippen molar-refractivity contribution < 1.29 is 15.0 Å². The van der Waals surface area contributed by atoms with Gasteiger partial charge in [0.2, 0.25) is 0 Å². The standard InChI is InChI=1S/C10H21NO3/c1-4-8(5-6-12)11-9(7(2)3)10(13)14/h7-9,11-12H,4-6H2,1-3H3,(H,13,14). The number of carbonyl (C=O) groups is 1. The Morgan fingerprint density at radius 1 is 1.43 bits per heavy atom. The Kier molecular flexibility index (Phi) is 6.49. The normalized spacial score (nSPS) is 15.5. The maximum absolute atomic E-state index is 10.9. The van der Waals surface area contributed by atoms with Crippen LogP contribution in [0, 0.1) is 5.92 Å². The van der Waals surface area contributed by atoms with Gasteiger partial charge in [0.25, 0.3) is 0 Å². The fraction of sp³-hybridized carbons (Fsp3) is 0.900. The first-order chi connectivity index (χ1) is 6.52. The van der Waals surface area contributed by atoms with Gasteiger partial charge in [-0.3, -0.25) is 4.79 Å². The molecule has 0 rings (SSSR count). The van der Waals surface area contributed by atoms with Crippen LogP contribution < -0.4 is 5.32 Å². The summed E-state index contributed by atoms with van der Waals surface area (Å²) >= 11 is 0. The smallest absolute Gasteiger partial charge is 0.320 e. The predicted molar refractivity (Wildman–Crippen MR) is 55.2 cm³/mol. The second kappa shape index (κ2) is 6.79. The molecule has 0 saturated carbocycles. The molecule has 3 N–H and O–H groups in total. The van der Waals surface area contributed by atoms with Crippen LogP contribution in [0.3, 0.4) is 0 Å². The summed E-state index contributed by atoms with van der Waals surface area (Å²) in [5, 5.41) is 20.7. The molecule has 0 spiro atoms. The van der Waals surface area contributed by atoms with Crippen LogP contribution in [-0.2, 0) is 4.79 Å². The van der Waals surface area contributed by atoms with E-state index in [-0.39, 0.29) is 18.6 Å². The summed E-state index contributed by atoms with van der Waals surface area (Å²) in [5.41, 5.74) is 0. The third-order valence-corrected chi connectivity index (χ3v) is 2.32. The third-order valence-electron chi connectivity index (χ3n) is 2.32. The van der Waals surface area contributed by atoms with Gasteiger partial charge < -0.3 is 15.5 Å². The van der Waals surface area contributed by atoms with E-state index in [0.29, 0.717) is 6.42 Å². The van der Waals surface area contributed by atoms with Gasteiger partial charge in [-0.1, -0.05) is 20.8 Å². The molecule has 0 aromatic carbocycles. The molecule has 0 saturated heterocycles. The zero-order valence-electron chi connectivity index (χ0n) is 9.16. The van der Waals surface area contributed by atoms with Crippen molar-refractivity contribution in [2.24, 2.45) is 5.92 Å². The van der Waals surface area contributed by atoms with Gasteiger partial charge in [-0.05, 0) is 18.8 Å². The Morgan fingerprint density at radius 2 is 2.00 bits per heavy atom. The van der Waals surface area contributed by atoms with Crippen LogP contribution in [0.1, 0.15) is 33.6 Å². The summed E-state index contributed by atoms with van der Waals surface area (Å²) in [4.78, 5) is 10.9. The summed E-state index contributed by atoms with van der Waals surface area (Å²) in [5.74, 6) is -0.767. The predicted octanol–water partition coefficient (Wildman–Crippen LogP) is 0.846. The fourth-order valence-corrected chi connectivity index (χ4v) is 1.36.